The van der Waals surface area contributed by atoms with E-state index in [9.17, 15) is 0 Å². The van der Waals surface area contributed by atoms with E-state index in [1.807, 2.05) is 6.07 Å². The summed E-state index contributed by atoms with van der Waals surface area (Å²) in [5.74, 6) is 1.78. The van der Waals surface area contributed by atoms with E-state index in [1.165, 1.54) is 5.56 Å². The predicted octanol–water partition coefficient (Wildman–Crippen LogP) is 4.77. The Balaban J connectivity index is 2.06. The normalized spacial score (nSPS) is 11.3. The maximum absolute atomic E-state index is 4.82. The van der Waals surface area contributed by atoms with Crippen LogP contribution in [0.3, 0.4) is 0 Å². The van der Waals surface area contributed by atoms with Gasteiger partial charge in [0.2, 0.25) is 0 Å². The number of nitrogens with one attached hydrogen (secondary N) is 1. The molecule has 0 spiro atoms. The van der Waals surface area contributed by atoms with Crippen LogP contribution in [0.25, 0.3) is 16.9 Å². The molecule has 22 heavy (non-hydrogen) atoms. The summed E-state index contributed by atoms with van der Waals surface area (Å²) in [5, 5.41) is 3.59. The number of nitrogens with zero attached hydrogens (tertiary/aromatic N) is 2. The highest BCUT2D eigenvalue weighted by atomic mass is 15.1. The van der Waals surface area contributed by atoms with Crippen molar-refractivity contribution in [2.45, 2.75) is 27.2 Å². The lowest BCUT2D eigenvalue weighted by Gasteiger charge is -2.10. The second-order valence-electron chi connectivity index (χ2n) is 6.22. The van der Waals surface area contributed by atoms with E-state index in [0.717, 1.165) is 35.7 Å². The van der Waals surface area contributed by atoms with Gasteiger partial charge in [-0.1, -0.05) is 50.2 Å². The first-order valence-electron chi connectivity index (χ1n) is 7.93. The van der Waals surface area contributed by atoms with Crippen molar-refractivity contribution in [2.75, 3.05) is 11.9 Å². The van der Waals surface area contributed by atoms with Crippen molar-refractivity contribution < 1.29 is 0 Å². The van der Waals surface area contributed by atoms with Crippen LogP contribution in [0.1, 0.15) is 25.8 Å². The standard InChI is InChI=1S/C19H23N3/c1-14(2)11-12-20-19-18(16-7-5-4-6-8-16)21-17-10-9-15(3)13-22(17)19/h4-10,13-14,20H,11-12H2,1-3H3. The van der Waals surface area contributed by atoms with Crippen LogP contribution in [0, 0.1) is 12.8 Å². The summed E-state index contributed by atoms with van der Waals surface area (Å²) in [6.45, 7) is 7.57. The van der Waals surface area contributed by atoms with E-state index in [-0.39, 0.29) is 0 Å². The number of aryl methyl sites for hydroxylation is 1. The van der Waals surface area contributed by atoms with Crippen LogP contribution in [0.5, 0.6) is 0 Å². The first kappa shape index (κ1) is 14.6. The Morgan fingerprint density at radius 1 is 1.09 bits per heavy atom. The van der Waals surface area contributed by atoms with Crippen LogP contribution in [-0.2, 0) is 0 Å². The number of pyridine rings is 1. The molecule has 0 atom stereocenters. The molecule has 0 aliphatic rings. The third-order valence-corrected chi connectivity index (χ3v) is 3.83. The summed E-state index contributed by atoms with van der Waals surface area (Å²) in [5.41, 5.74) is 4.39. The van der Waals surface area contributed by atoms with E-state index in [0.29, 0.717) is 5.92 Å². The molecule has 3 heteroatoms. The lowest BCUT2D eigenvalue weighted by atomic mass is 10.1. The Labute approximate surface area is 132 Å². The van der Waals surface area contributed by atoms with Gasteiger partial charge in [0.15, 0.2) is 0 Å². The largest absolute Gasteiger partial charge is 0.369 e. The third-order valence-electron chi connectivity index (χ3n) is 3.83. The molecule has 3 nitrogen and oxygen atoms in total. The van der Waals surface area contributed by atoms with Crippen molar-refractivity contribution in [3.8, 4) is 11.3 Å². The van der Waals surface area contributed by atoms with Gasteiger partial charge in [-0.05, 0) is 30.9 Å². The second-order valence-corrected chi connectivity index (χ2v) is 6.22. The summed E-state index contributed by atoms with van der Waals surface area (Å²) in [6, 6.07) is 14.6. The number of benzene rings is 1. The molecule has 0 bridgehead atoms. The van der Waals surface area contributed by atoms with Gasteiger partial charge in [0, 0.05) is 18.3 Å². The zero-order valence-corrected chi connectivity index (χ0v) is 13.5. The van der Waals surface area contributed by atoms with Gasteiger partial charge in [-0.2, -0.15) is 0 Å². The van der Waals surface area contributed by atoms with Gasteiger partial charge in [0.25, 0.3) is 0 Å². The Kier molecular flexibility index (Phi) is 4.14. The van der Waals surface area contributed by atoms with E-state index < -0.39 is 0 Å². The van der Waals surface area contributed by atoms with E-state index in [4.69, 9.17) is 4.98 Å². The number of fused-ring (bicyclic) bond motifs is 1. The first-order chi connectivity index (χ1) is 10.6. The number of hydrogen-bond donors (Lipinski definition) is 1. The monoisotopic (exact) mass is 293 g/mol. The zero-order chi connectivity index (χ0) is 15.5. The van der Waals surface area contributed by atoms with Gasteiger partial charge in [-0.25, -0.2) is 4.98 Å². The topological polar surface area (TPSA) is 29.3 Å². The van der Waals surface area contributed by atoms with Gasteiger partial charge in [-0.15, -0.1) is 0 Å². The molecule has 3 rings (SSSR count). The molecule has 0 unspecified atom stereocenters. The molecule has 1 N–H and O–H groups in total. The average Bonchev–Trinajstić information content (AvgIpc) is 2.86. The Morgan fingerprint density at radius 2 is 1.86 bits per heavy atom. The van der Waals surface area contributed by atoms with Crippen molar-refractivity contribution in [3.05, 3.63) is 54.2 Å². The molecule has 1 aromatic carbocycles. The van der Waals surface area contributed by atoms with Gasteiger partial charge in [0.05, 0.1) is 0 Å². The van der Waals surface area contributed by atoms with E-state index in [1.54, 1.807) is 0 Å². The van der Waals surface area contributed by atoms with Gasteiger partial charge in [-0.3, -0.25) is 4.40 Å². The molecule has 2 heterocycles. The molecule has 114 valence electrons. The van der Waals surface area contributed by atoms with Crippen LogP contribution in [0.15, 0.2) is 48.7 Å². The number of hydrogen-bond acceptors (Lipinski definition) is 2. The minimum Gasteiger partial charge on any atom is -0.369 e. The van der Waals surface area contributed by atoms with Crippen molar-refractivity contribution in [1.29, 1.82) is 0 Å². The van der Waals surface area contributed by atoms with Crippen LogP contribution in [-0.4, -0.2) is 15.9 Å². The van der Waals surface area contributed by atoms with Crippen LogP contribution >= 0.6 is 0 Å². The Hall–Kier alpha value is -2.29. The maximum atomic E-state index is 4.82. The fraction of sp³-hybridized carbons (Fsp3) is 0.316. The summed E-state index contributed by atoms with van der Waals surface area (Å²) in [6.07, 6.45) is 3.29. The number of aromatic nitrogens is 2. The van der Waals surface area contributed by atoms with Crippen LogP contribution in [0.4, 0.5) is 5.82 Å². The molecular formula is C19H23N3. The summed E-state index contributed by atoms with van der Waals surface area (Å²) >= 11 is 0. The highest BCUT2D eigenvalue weighted by Crippen LogP contribution is 2.29. The summed E-state index contributed by atoms with van der Waals surface area (Å²) in [7, 11) is 0. The molecule has 0 saturated carbocycles. The molecule has 0 aliphatic carbocycles. The van der Waals surface area contributed by atoms with Gasteiger partial charge < -0.3 is 5.32 Å². The predicted molar refractivity (Wildman–Crippen MR) is 93.3 cm³/mol. The minimum atomic E-state index is 0.689. The molecule has 0 fully saturated rings. The third kappa shape index (κ3) is 2.98. The smallest absolute Gasteiger partial charge is 0.139 e. The molecule has 2 aromatic heterocycles. The molecule has 0 amide bonds. The van der Waals surface area contributed by atoms with Gasteiger partial charge >= 0.3 is 0 Å². The minimum absolute atomic E-state index is 0.689. The summed E-state index contributed by atoms with van der Waals surface area (Å²) < 4.78 is 2.16. The van der Waals surface area contributed by atoms with Crippen LogP contribution < -0.4 is 5.32 Å². The molecule has 3 aromatic rings. The molecule has 0 aliphatic heterocycles. The number of anilines is 1. The molecule has 0 radical (unpaired) electrons. The maximum Gasteiger partial charge on any atom is 0.139 e. The second kappa shape index (κ2) is 6.22. The number of imidazole rings is 1. The van der Waals surface area contributed by atoms with E-state index in [2.05, 4.69) is 73.1 Å². The number of rotatable bonds is 5. The fourth-order valence-electron chi connectivity index (χ4n) is 2.60. The van der Waals surface area contributed by atoms with Crippen molar-refractivity contribution >= 4 is 11.5 Å². The SMILES string of the molecule is Cc1ccc2nc(-c3ccccc3)c(NCCC(C)C)n2c1. The van der Waals surface area contributed by atoms with Crippen molar-refractivity contribution in [3.63, 3.8) is 0 Å². The lowest BCUT2D eigenvalue weighted by Crippen LogP contribution is -2.07. The molecule has 0 saturated heterocycles. The highest BCUT2D eigenvalue weighted by Gasteiger charge is 2.13. The van der Waals surface area contributed by atoms with Crippen LogP contribution in [0.2, 0.25) is 0 Å². The van der Waals surface area contributed by atoms with Crippen molar-refractivity contribution in [2.24, 2.45) is 5.92 Å². The lowest BCUT2D eigenvalue weighted by molar-refractivity contribution is 0.606. The van der Waals surface area contributed by atoms with E-state index >= 15 is 0 Å². The fourth-order valence-corrected chi connectivity index (χ4v) is 2.60. The van der Waals surface area contributed by atoms with Gasteiger partial charge in [0.1, 0.15) is 17.2 Å². The zero-order valence-electron chi connectivity index (χ0n) is 13.5. The highest BCUT2D eigenvalue weighted by molar-refractivity contribution is 5.76. The Morgan fingerprint density at radius 3 is 2.59 bits per heavy atom. The first-order valence-corrected chi connectivity index (χ1v) is 7.93. The van der Waals surface area contributed by atoms with Crippen molar-refractivity contribution in [1.82, 2.24) is 9.38 Å². The average molecular weight is 293 g/mol. The Bertz CT molecular complexity index is 757. The molecular weight excluding hydrogens is 270 g/mol. The quantitative estimate of drug-likeness (QED) is 0.734. The summed E-state index contributed by atoms with van der Waals surface area (Å²) in [4.78, 5) is 4.82.